The molecule has 0 unspecified atom stereocenters. The Morgan fingerprint density at radius 2 is 1.51 bits per heavy atom. The molecular weight excluding hydrogens is 584 g/mol. The molecule has 20 heteroatoms. The summed E-state index contributed by atoms with van der Waals surface area (Å²) in [6.07, 6.45) is -14.8. The van der Waals surface area contributed by atoms with Gasteiger partial charge in [-0.3, -0.25) is 14.4 Å². The lowest BCUT2D eigenvalue weighted by Crippen LogP contribution is -2.66. The molecule has 3 aliphatic rings. The van der Waals surface area contributed by atoms with E-state index < -0.39 is 102 Å². The summed E-state index contributed by atoms with van der Waals surface area (Å²) in [5.41, 5.74) is 0. The standard InChI is InChI=1S/C21H30N2O17S/c1-7-23-12-14(13(39-41(29,30)40-22)11(6-24)36-20(12)32-7)37-21-18(35-10(4)27)16(34-9(3)26)15(33-8(2)25)17(38-21)19(28)31-5/h11-18,20-21,24H,6,22H2,1-5H3/t11-,12-,13+,14-,15+,16+,17+,18-,20+,21-/m1/s1. The summed E-state index contributed by atoms with van der Waals surface area (Å²) < 4.78 is 76.5. The van der Waals surface area contributed by atoms with Crippen molar-refractivity contribution in [3.05, 3.63) is 0 Å². The fourth-order valence-electron chi connectivity index (χ4n) is 4.46. The Labute approximate surface area is 233 Å². The van der Waals surface area contributed by atoms with Gasteiger partial charge in [0.25, 0.3) is 0 Å². The predicted molar refractivity (Wildman–Crippen MR) is 125 cm³/mol. The van der Waals surface area contributed by atoms with Crippen LogP contribution in [-0.2, 0) is 75.9 Å². The lowest BCUT2D eigenvalue weighted by atomic mass is 9.95. The zero-order valence-electron chi connectivity index (χ0n) is 22.4. The number of esters is 4. The number of aliphatic imine (C=N–C) groups is 1. The van der Waals surface area contributed by atoms with Crippen LogP contribution in [0.3, 0.4) is 0 Å². The molecule has 0 saturated carbocycles. The second kappa shape index (κ2) is 13.3. The number of carbonyl (C=O) groups excluding carboxylic acids is 4. The summed E-state index contributed by atoms with van der Waals surface area (Å²) in [5.74, 6) is 0.990. The van der Waals surface area contributed by atoms with Crippen LogP contribution < -0.4 is 5.90 Å². The number of fused-ring (bicyclic) bond motifs is 1. The molecule has 0 aliphatic carbocycles. The van der Waals surface area contributed by atoms with Gasteiger partial charge in [0.05, 0.1) is 13.7 Å². The molecule has 0 aromatic rings. The number of hydrogen-bond donors (Lipinski definition) is 2. The van der Waals surface area contributed by atoms with Crippen LogP contribution in [0.1, 0.15) is 27.7 Å². The molecule has 0 radical (unpaired) electrons. The van der Waals surface area contributed by atoms with Crippen molar-refractivity contribution in [1.29, 1.82) is 0 Å². The van der Waals surface area contributed by atoms with Crippen molar-refractivity contribution in [2.75, 3.05) is 13.7 Å². The molecular formula is C21H30N2O17S. The Bertz CT molecular complexity index is 1140. The smallest absolute Gasteiger partial charge is 0.416 e. The maximum atomic E-state index is 12.7. The van der Waals surface area contributed by atoms with Crippen molar-refractivity contribution in [2.24, 2.45) is 10.9 Å². The van der Waals surface area contributed by atoms with Gasteiger partial charge in [-0.2, -0.15) is 18.6 Å². The summed E-state index contributed by atoms with van der Waals surface area (Å²) in [6.45, 7) is 3.62. The van der Waals surface area contributed by atoms with Gasteiger partial charge in [-0.05, 0) is 0 Å². The van der Waals surface area contributed by atoms with Crippen LogP contribution in [0.25, 0.3) is 0 Å². The minimum absolute atomic E-state index is 0.0881. The average Bonchev–Trinajstić information content (AvgIpc) is 3.26. The van der Waals surface area contributed by atoms with Gasteiger partial charge in [0.2, 0.25) is 6.29 Å². The van der Waals surface area contributed by atoms with Crippen LogP contribution in [0.5, 0.6) is 0 Å². The van der Waals surface area contributed by atoms with Crippen molar-refractivity contribution in [3.8, 4) is 0 Å². The molecule has 19 nitrogen and oxygen atoms in total. The van der Waals surface area contributed by atoms with Gasteiger partial charge in [0.15, 0.2) is 36.6 Å². The van der Waals surface area contributed by atoms with E-state index in [1.807, 2.05) is 0 Å². The van der Waals surface area contributed by atoms with Crippen molar-refractivity contribution < 1.29 is 79.1 Å². The van der Waals surface area contributed by atoms with E-state index in [0.717, 1.165) is 27.9 Å². The van der Waals surface area contributed by atoms with Gasteiger partial charge in [-0.15, -0.1) is 0 Å². The summed E-state index contributed by atoms with van der Waals surface area (Å²) in [5, 5.41) is 9.93. The largest absolute Gasteiger partial charge is 0.467 e. The average molecular weight is 615 g/mol. The van der Waals surface area contributed by atoms with E-state index in [9.17, 15) is 32.7 Å². The Morgan fingerprint density at radius 3 is 2.05 bits per heavy atom. The molecule has 10 atom stereocenters. The lowest BCUT2D eigenvalue weighted by molar-refractivity contribution is -0.332. The molecule has 41 heavy (non-hydrogen) atoms. The first kappa shape index (κ1) is 32.5. The Morgan fingerprint density at radius 1 is 0.927 bits per heavy atom. The third-order valence-corrected chi connectivity index (χ3v) is 6.58. The summed E-state index contributed by atoms with van der Waals surface area (Å²) in [6, 6.07) is -1.19. The number of aliphatic hydroxyl groups excluding tert-OH is 1. The van der Waals surface area contributed by atoms with Crippen LogP contribution >= 0.6 is 0 Å². The minimum atomic E-state index is -4.90. The predicted octanol–water partition coefficient (Wildman–Crippen LogP) is -2.88. The first-order valence-corrected chi connectivity index (χ1v) is 13.2. The SMILES string of the molecule is COC(=O)[C@H]1O[C@@H](O[C@@H]2[C@H]3N=C(C)O[C@H]3O[C@H](CO)[C@@H]2OS(=O)(=O)ON)[C@H](OC(C)=O)[C@@H](OC(C)=O)[C@@H]1OC(C)=O. The highest BCUT2D eigenvalue weighted by Gasteiger charge is 2.59. The Kier molecular flexibility index (Phi) is 10.6. The van der Waals surface area contributed by atoms with E-state index in [1.165, 1.54) is 6.92 Å². The number of methoxy groups -OCH3 is 1. The normalized spacial score (nSPS) is 34.9. The molecule has 0 spiro atoms. The Hall–Kier alpha value is -2.98. The van der Waals surface area contributed by atoms with Gasteiger partial charge in [0, 0.05) is 27.7 Å². The lowest BCUT2D eigenvalue weighted by Gasteiger charge is -2.46. The van der Waals surface area contributed by atoms with E-state index in [4.69, 9.17) is 48.0 Å². The third kappa shape index (κ3) is 7.65. The van der Waals surface area contributed by atoms with Crippen molar-refractivity contribution >= 4 is 40.2 Å². The molecule has 3 N–H and O–H groups in total. The maximum absolute atomic E-state index is 12.7. The number of nitrogens with zero attached hydrogens (tertiary/aromatic N) is 1. The second-order valence-corrected chi connectivity index (χ2v) is 10.0. The molecule has 232 valence electrons. The van der Waals surface area contributed by atoms with Gasteiger partial charge in [-0.25, -0.2) is 14.0 Å². The summed E-state index contributed by atoms with van der Waals surface area (Å²) in [7, 11) is -3.90. The first-order valence-electron chi connectivity index (χ1n) is 11.9. The number of nitrogens with two attached hydrogens (primary N) is 1. The van der Waals surface area contributed by atoms with Crippen molar-refractivity contribution in [3.63, 3.8) is 0 Å². The molecule has 2 fully saturated rings. The number of rotatable bonds is 10. The summed E-state index contributed by atoms with van der Waals surface area (Å²) in [4.78, 5) is 52.9. The first-order chi connectivity index (χ1) is 19.2. The van der Waals surface area contributed by atoms with Crippen molar-refractivity contribution in [1.82, 2.24) is 0 Å². The minimum Gasteiger partial charge on any atom is -0.467 e. The monoisotopic (exact) mass is 614 g/mol. The molecule has 0 aromatic heterocycles. The molecule has 2 saturated heterocycles. The quantitative estimate of drug-likeness (QED) is 0.142. The zero-order valence-corrected chi connectivity index (χ0v) is 23.2. The van der Waals surface area contributed by atoms with Gasteiger partial charge >= 0.3 is 34.3 Å². The number of ether oxygens (including phenoxy) is 8. The molecule has 3 aliphatic heterocycles. The highest BCUT2D eigenvalue weighted by Crippen LogP contribution is 2.37. The van der Waals surface area contributed by atoms with Crippen LogP contribution in [0.15, 0.2) is 4.99 Å². The van der Waals surface area contributed by atoms with E-state index in [1.54, 1.807) is 0 Å². The zero-order chi connectivity index (χ0) is 30.6. The van der Waals surface area contributed by atoms with Crippen LogP contribution in [-0.4, -0.2) is 118 Å². The molecule has 0 amide bonds. The fraction of sp³-hybridized carbons (Fsp3) is 0.762. The van der Waals surface area contributed by atoms with Gasteiger partial charge in [-0.1, -0.05) is 0 Å². The molecule has 3 rings (SSSR count). The topological polar surface area (TPSA) is 253 Å². The number of carbonyl (C=O) groups is 4. The molecule has 0 aromatic carbocycles. The van der Waals surface area contributed by atoms with E-state index in [-0.39, 0.29) is 5.90 Å². The Balaban J connectivity index is 2.11. The molecule has 3 heterocycles. The van der Waals surface area contributed by atoms with Crippen LogP contribution in [0.4, 0.5) is 0 Å². The van der Waals surface area contributed by atoms with E-state index >= 15 is 0 Å². The highest BCUT2D eigenvalue weighted by atomic mass is 32.3. The van der Waals surface area contributed by atoms with E-state index in [0.29, 0.717) is 0 Å². The number of aliphatic hydroxyl groups is 1. The van der Waals surface area contributed by atoms with E-state index in [2.05, 4.69) is 9.28 Å². The molecule has 0 bridgehead atoms. The maximum Gasteiger partial charge on any atom is 0.416 e. The number of hydrogen-bond acceptors (Lipinski definition) is 19. The summed E-state index contributed by atoms with van der Waals surface area (Å²) >= 11 is 0. The van der Waals surface area contributed by atoms with Gasteiger partial charge < -0.3 is 43.0 Å². The fourth-order valence-corrected chi connectivity index (χ4v) is 5.01. The third-order valence-electron chi connectivity index (χ3n) is 5.88. The van der Waals surface area contributed by atoms with Crippen LogP contribution in [0, 0.1) is 0 Å². The van der Waals surface area contributed by atoms with Crippen LogP contribution in [0.2, 0.25) is 0 Å². The van der Waals surface area contributed by atoms with Gasteiger partial charge in [0.1, 0.15) is 24.4 Å². The highest BCUT2D eigenvalue weighted by molar-refractivity contribution is 7.81. The second-order valence-electron chi connectivity index (χ2n) is 8.82. The van der Waals surface area contributed by atoms with Crippen molar-refractivity contribution in [2.45, 2.75) is 89.0 Å².